The Morgan fingerprint density at radius 1 is 1.30 bits per heavy atom. The van der Waals surface area contributed by atoms with Gasteiger partial charge in [-0.15, -0.1) is 0 Å². The zero-order valence-electron chi connectivity index (χ0n) is 10.8. The number of aryl methyl sites for hydroxylation is 1. The number of sulfonamides is 1. The second-order valence-electron chi connectivity index (χ2n) is 4.31. The first-order valence-electron chi connectivity index (χ1n) is 5.85. The van der Waals surface area contributed by atoms with E-state index in [-0.39, 0.29) is 17.1 Å². The maximum atomic E-state index is 12.2. The summed E-state index contributed by atoms with van der Waals surface area (Å²) in [4.78, 5) is 4.08. The lowest BCUT2D eigenvalue weighted by Gasteiger charge is -2.09. The number of nitrogens with one attached hydrogen (secondary N) is 1. The maximum Gasteiger partial charge on any atom is 0.242 e. The molecule has 0 fully saturated rings. The van der Waals surface area contributed by atoms with Crippen molar-refractivity contribution in [3.8, 4) is 0 Å². The Morgan fingerprint density at radius 2 is 2.05 bits per heavy atom. The summed E-state index contributed by atoms with van der Waals surface area (Å²) in [6, 6.07) is 7.96. The Balaban J connectivity index is 2.19. The normalized spacial score (nSPS) is 11.5. The number of anilines is 1. The van der Waals surface area contributed by atoms with Crippen molar-refractivity contribution in [1.82, 2.24) is 9.71 Å². The molecule has 1 aromatic heterocycles. The third-order valence-electron chi connectivity index (χ3n) is 2.70. The van der Waals surface area contributed by atoms with Crippen LogP contribution in [-0.4, -0.2) is 13.4 Å². The first-order chi connectivity index (χ1) is 9.38. The number of nitrogens with two attached hydrogens (primary N) is 1. The predicted molar refractivity (Wildman–Crippen MR) is 78.9 cm³/mol. The maximum absolute atomic E-state index is 12.2. The molecule has 20 heavy (non-hydrogen) atoms. The van der Waals surface area contributed by atoms with Crippen molar-refractivity contribution >= 4 is 27.3 Å². The number of halogens is 1. The summed E-state index contributed by atoms with van der Waals surface area (Å²) in [6.45, 7) is 2.00. The molecule has 7 heteroatoms. The van der Waals surface area contributed by atoms with Crippen LogP contribution in [0.2, 0.25) is 5.02 Å². The van der Waals surface area contributed by atoms with E-state index in [2.05, 4.69) is 9.71 Å². The van der Waals surface area contributed by atoms with Gasteiger partial charge in [0, 0.05) is 23.5 Å². The van der Waals surface area contributed by atoms with Gasteiger partial charge in [0.25, 0.3) is 0 Å². The van der Waals surface area contributed by atoms with E-state index in [1.807, 2.05) is 19.1 Å². The number of aromatic nitrogens is 1. The van der Waals surface area contributed by atoms with E-state index in [0.717, 1.165) is 11.3 Å². The zero-order valence-corrected chi connectivity index (χ0v) is 12.4. The third-order valence-corrected chi connectivity index (χ3v) is 4.40. The highest BCUT2D eigenvalue weighted by Gasteiger charge is 2.17. The fourth-order valence-electron chi connectivity index (χ4n) is 1.60. The van der Waals surface area contributed by atoms with Gasteiger partial charge in [0.15, 0.2) is 0 Å². The number of hydrogen-bond donors (Lipinski definition) is 2. The highest BCUT2D eigenvalue weighted by Crippen LogP contribution is 2.22. The Bertz CT molecular complexity index is 715. The minimum atomic E-state index is -3.71. The molecule has 0 aliphatic heterocycles. The Morgan fingerprint density at radius 3 is 2.70 bits per heavy atom. The molecular weight excluding hydrogens is 298 g/mol. The first-order valence-corrected chi connectivity index (χ1v) is 7.71. The standard InChI is InChI=1S/C13H14ClN3O2S/c1-9-2-3-10(7-16-9)8-17-20(18,19)13-6-11(14)4-5-12(13)15/h2-7,17H,8,15H2,1H3. The summed E-state index contributed by atoms with van der Waals surface area (Å²) >= 11 is 5.80. The van der Waals surface area contributed by atoms with E-state index in [9.17, 15) is 8.42 Å². The summed E-state index contributed by atoms with van der Waals surface area (Å²) < 4.78 is 26.8. The largest absolute Gasteiger partial charge is 0.398 e. The molecule has 1 heterocycles. The van der Waals surface area contributed by atoms with Crippen molar-refractivity contribution in [3.63, 3.8) is 0 Å². The Kier molecular flexibility index (Phi) is 4.27. The predicted octanol–water partition coefficient (Wildman–Crippen LogP) is 2.10. The fourth-order valence-corrected chi connectivity index (χ4v) is 3.01. The van der Waals surface area contributed by atoms with Gasteiger partial charge in [-0.3, -0.25) is 4.98 Å². The second kappa shape index (κ2) is 5.78. The van der Waals surface area contributed by atoms with Crippen LogP contribution >= 0.6 is 11.6 Å². The van der Waals surface area contributed by atoms with Crippen LogP contribution in [0.1, 0.15) is 11.3 Å². The van der Waals surface area contributed by atoms with Gasteiger partial charge in [0.1, 0.15) is 4.90 Å². The van der Waals surface area contributed by atoms with Gasteiger partial charge in [-0.2, -0.15) is 0 Å². The van der Waals surface area contributed by atoms with Gasteiger partial charge >= 0.3 is 0 Å². The lowest BCUT2D eigenvalue weighted by Crippen LogP contribution is -2.24. The summed E-state index contributed by atoms with van der Waals surface area (Å²) in [5.74, 6) is 0. The van der Waals surface area contributed by atoms with Crippen LogP contribution in [-0.2, 0) is 16.6 Å². The zero-order chi connectivity index (χ0) is 14.8. The van der Waals surface area contributed by atoms with Gasteiger partial charge < -0.3 is 5.73 Å². The van der Waals surface area contributed by atoms with Gasteiger partial charge in [-0.05, 0) is 36.8 Å². The quantitative estimate of drug-likeness (QED) is 0.847. The van der Waals surface area contributed by atoms with Crippen molar-refractivity contribution in [2.75, 3.05) is 5.73 Å². The molecule has 0 saturated carbocycles. The average Bonchev–Trinajstić information content (AvgIpc) is 2.41. The molecular formula is C13H14ClN3O2S. The smallest absolute Gasteiger partial charge is 0.242 e. The molecule has 0 amide bonds. The average molecular weight is 312 g/mol. The summed E-state index contributed by atoms with van der Waals surface area (Å²) in [6.07, 6.45) is 1.62. The van der Waals surface area contributed by atoms with Gasteiger partial charge in [-0.25, -0.2) is 13.1 Å². The number of hydrogen-bond acceptors (Lipinski definition) is 4. The van der Waals surface area contributed by atoms with Crippen molar-refractivity contribution in [2.24, 2.45) is 0 Å². The third kappa shape index (κ3) is 3.47. The molecule has 1 aromatic carbocycles. The highest BCUT2D eigenvalue weighted by atomic mass is 35.5. The molecule has 2 rings (SSSR count). The van der Waals surface area contributed by atoms with Gasteiger partial charge in [0.05, 0.1) is 5.69 Å². The van der Waals surface area contributed by atoms with Crippen molar-refractivity contribution in [2.45, 2.75) is 18.4 Å². The Labute approximate surface area is 122 Å². The van der Waals surface area contributed by atoms with Crippen LogP contribution in [0.15, 0.2) is 41.4 Å². The minimum absolute atomic E-state index is 0.0231. The molecule has 0 aliphatic rings. The Hall–Kier alpha value is -1.63. The molecule has 0 unspecified atom stereocenters. The van der Waals surface area contributed by atoms with E-state index < -0.39 is 10.0 Å². The SMILES string of the molecule is Cc1ccc(CNS(=O)(=O)c2cc(Cl)ccc2N)cn1. The molecule has 5 nitrogen and oxygen atoms in total. The van der Waals surface area contributed by atoms with Crippen molar-refractivity contribution in [1.29, 1.82) is 0 Å². The lowest BCUT2D eigenvalue weighted by molar-refractivity contribution is 0.581. The van der Waals surface area contributed by atoms with Crippen LogP contribution in [0, 0.1) is 6.92 Å². The minimum Gasteiger partial charge on any atom is -0.398 e. The number of pyridine rings is 1. The monoisotopic (exact) mass is 311 g/mol. The van der Waals surface area contributed by atoms with E-state index in [4.69, 9.17) is 17.3 Å². The summed E-state index contributed by atoms with van der Waals surface area (Å²) in [7, 11) is -3.71. The molecule has 0 spiro atoms. The van der Waals surface area contributed by atoms with Gasteiger partial charge in [-0.1, -0.05) is 17.7 Å². The van der Waals surface area contributed by atoms with Crippen molar-refractivity contribution in [3.05, 3.63) is 52.8 Å². The lowest BCUT2D eigenvalue weighted by atomic mass is 10.2. The van der Waals surface area contributed by atoms with Gasteiger partial charge in [0.2, 0.25) is 10.0 Å². The fraction of sp³-hybridized carbons (Fsp3) is 0.154. The first kappa shape index (κ1) is 14.8. The van der Waals surface area contributed by atoms with E-state index >= 15 is 0 Å². The second-order valence-corrected chi connectivity index (χ2v) is 6.49. The van der Waals surface area contributed by atoms with Crippen LogP contribution in [0.4, 0.5) is 5.69 Å². The molecule has 0 bridgehead atoms. The van der Waals surface area contributed by atoms with Crippen LogP contribution in [0.5, 0.6) is 0 Å². The molecule has 3 N–H and O–H groups in total. The van der Waals surface area contributed by atoms with Crippen LogP contribution < -0.4 is 10.5 Å². The molecule has 0 radical (unpaired) electrons. The molecule has 106 valence electrons. The molecule has 0 aliphatic carbocycles. The number of rotatable bonds is 4. The highest BCUT2D eigenvalue weighted by molar-refractivity contribution is 7.89. The van der Waals surface area contributed by atoms with E-state index in [0.29, 0.717) is 5.02 Å². The van der Waals surface area contributed by atoms with Crippen LogP contribution in [0.25, 0.3) is 0 Å². The van der Waals surface area contributed by atoms with Crippen LogP contribution in [0.3, 0.4) is 0 Å². The summed E-state index contributed by atoms with van der Waals surface area (Å²) in [5.41, 5.74) is 7.47. The number of nitrogens with zero attached hydrogens (tertiary/aromatic N) is 1. The van der Waals surface area contributed by atoms with E-state index in [1.54, 1.807) is 12.3 Å². The molecule has 2 aromatic rings. The number of benzene rings is 1. The van der Waals surface area contributed by atoms with Crippen molar-refractivity contribution < 1.29 is 8.42 Å². The molecule has 0 saturated heterocycles. The molecule has 0 atom stereocenters. The summed E-state index contributed by atoms with van der Waals surface area (Å²) in [5, 5.41) is 0.316. The topological polar surface area (TPSA) is 85.1 Å². The van der Waals surface area contributed by atoms with E-state index in [1.165, 1.54) is 12.1 Å². The number of nitrogen functional groups attached to an aromatic ring is 1.